The van der Waals surface area contributed by atoms with E-state index in [-0.39, 0.29) is 16.8 Å². The predicted octanol–water partition coefficient (Wildman–Crippen LogP) is 3.93. The highest BCUT2D eigenvalue weighted by Crippen LogP contribution is 2.47. The molecule has 0 spiro atoms. The predicted molar refractivity (Wildman–Crippen MR) is 99.5 cm³/mol. The Labute approximate surface area is 171 Å². The lowest BCUT2D eigenvalue weighted by Crippen LogP contribution is -2.50. The first-order valence-electron chi connectivity index (χ1n) is 9.64. The first-order valence-corrected chi connectivity index (χ1v) is 10.0. The highest BCUT2D eigenvalue weighted by atomic mass is 35.5. The van der Waals surface area contributed by atoms with Crippen LogP contribution in [0.4, 0.5) is 13.2 Å². The molecular weight excluding hydrogens is 409 g/mol. The second-order valence-corrected chi connectivity index (χ2v) is 8.00. The molecule has 1 amide bonds. The molecule has 1 aliphatic carbocycles. The number of nitrogens with zero attached hydrogens (tertiary/aromatic N) is 4. The van der Waals surface area contributed by atoms with E-state index in [1.54, 1.807) is 18.1 Å². The number of halogens is 4. The van der Waals surface area contributed by atoms with Gasteiger partial charge in [-0.25, -0.2) is 0 Å². The van der Waals surface area contributed by atoms with E-state index >= 15 is 0 Å². The Kier molecular flexibility index (Phi) is 5.37. The molecule has 0 aromatic carbocycles. The molecular formula is C19H22ClF3N4O2. The van der Waals surface area contributed by atoms with Crippen LogP contribution < -0.4 is 0 Å². The van der Waals surface area contributed by atoms with Crippen LogP contribution in [0.2, 0.25) is 5.02 Å². The molecule has 2 aromatic heterocycles. The van der Waals surface area contributed by atoms with Crippen LogP contribution in [0.5, 0.6) is 0 Å². The molecule has 1 aliphatic heterocycles. The summed E-state index contributed by atoms with van der Waals surface area (Å²) >= 11 is 6.03. The largest absolute Gasteiger partial charge is 0.468 e. The van der Waals surface area contributed by atoms with Gasteiger partial charge in [-0.2, -0.15) is 18.3 Å². The summed E-state index contributed by atoms with van der Waals surface area (Å²) in [4.78, 5) is 16.9. The Hall–Kier alpha value is -2.00. The van der Waals surface area contributed by atoms with Crippen molar-refractivity contribution in [3.63, 3.8) is 0 Å². The number of piperazine rings is 1. The van der Waals surface area contributed by atoms with Crippen LogP contribution in [-0.2, 0) is 17.5 Å². The van der Waals surface area contributed by atoms with E-state index < -0.39 is 17.9 Å². The minimum Gasteiger partial charge on any atom is -0.468 e. The average Bonchev–Trinajstić information content (AvgIpc) is 3.25. The molecule has 158 valence electrons. The third kappa shape index (κ3) is 4.16. The van der Waals surface area contributed by atoms with Crippen LogP contribution in [0.25, 0.3) is 0 Å². The molecule has 0 N–H and O–H groups in total. The number of amides is 1. The number of hydrogen-bond donors (Lipinski definition) is 0. The standard InChI is InChI=1S/C19H22ClF3N4O2/c1-12(27-16(13-4-5-13)15(20)17(24-27)19(21,22)23)18(28)26-8-6-25(7-9-26)11-14-3-2-10-29-14/h2-3,10,12-13H,4-9,11H2,1H3. The van der Waals surface area contributed by atoms with Gasteiger partial charge in [-0.3, -0.25) is 14.4 Å². The van der Waals surface area contributed by atoms with Gasteiger partial charge in [0.25, 0.3) is 0 Å². The second-order valence-electron chi connectivity index (χ2n) is 7.62. The molecule has 2 aliphatic rings. The van der Waals surface area contributed by atoms with Crippen LogP contribution in [0.1, 0.15) is 48.9 Å². The maximum Gasteiger partial charge on any atom is 0.436 e. The van der Waals surface area contributed by atoms with Crippen molar-refractivity contribution in [2.45, 2.75) is 44.4 Å². The fraction of sp³-hybridized carbons (Fsp3) is 0.579. The molecule has 2 fully saturated rings. The van der Waals surface area contributed by atoms with Crippen LogP contribution in [0, 0.1) is 0 Å². The van der Waals surface area contributed by atoms with Crippen molar-refractivity contribution in [3.8, 4) is 0 Å². The molecule has 0 radical (unpaired) electrons. The summed E-state index contributed by atoms with van der Waals surface area (Å²) < 4.78 is 46.4. The van der Waals surface area contributed by atoms with E-state index in [4.69, 9.17) is 16.0 Å². The molecule has 29 heavy (non-hydrogen) atoms. The zero-order valence-electron chi connectivity index (χ0n) is 16.0. The molecule has 1 atom stereocenters. The molecule has 1 unspecified atom stereocenters. The van der Waals surface area contributed by atoms with Gasteiger partial charge in [-0.15, -0.1) is 0 Å². The molecule has 0 bridgehead atoms. The number of carbonyl (C=O) groups is 1. The molecule has 2 aromatic rings. The summed E-state index contributed by atoms with van der Waals surface area (Å²) in [6.07, 6.45) is -1.50. The van der Waals surface area contributed by atoms with E-state index in [9.17, 15) is 18.0 Å². The van der Waals surface area contributed by atoms with E-state index in [1.807, 2.05) is 12.1 Å². The van der Waals surface area contributed by atoms with Crippen molar-refractivity contribution in [3.05, 3.63) is 40.6 Å². The minimum absolute atomic E-state index is 0.0634. The van der Waals surface area contributed by atoms with Crippen LogP contribution >= 0.6 is 11.6 Å². The van der Waals surface area contributed by atoms with Gasteiger partial charge in [-0.1, -0.05) is 11.6 Å². The SMILES string of the molecule is CC(C(=O)N1CCN(Cc2ccco2)CC1)n1nc(C(F)(F)F)c(Cl)c1C1CC1. The van der Waals surface area contributed by atoms with Gasteiger partial charge < -0.3 is 9.32 Å². The Morgan fingerprint density at radius 2 is 2.00 bits per heavy atom. The molecule has 10 heteroatoms. The molecule has 1 saturated heterocycles. The van der Waals surface area contributed by atoms with E-state index in [0.717, 1.165) is 18.6 Å². The lowest BCUT2D eigenvalue weighted by atomic mass is 10.2. The number of hydrogen-bond acceptors (Lipinski definition) is 4. The van der Waals surface area contributed by atoms with E-state index in [0.29, 0.717) is 38.4 Å². The number of alkyl halides is 3. The van der Waals surface area contributed by atoms with E-state index in [2.05, 4.69) is 10.00 Å². The zero-order chi connectivity index (χ0) is 20.8. The quantitative estimate of drug-likeness (QED) is 0.721. The summed E-state index contributed by atoms with van der Waals surface area (Å²) in [6, 6.07) is 2.90. The maximum atomic E-state index is 13.3. The van der Waals surface area contributed by atoms with Crippen molar-refractivity contribution < 1.29 is 22.4 Å². The van der Waals surface area contributed by atoms with Gasteiger partial charge >= 0.3 is 6.18 Å². The van der Waals surface area contributed by atoms with Crippen molar-refractivity contribution in [1.29, 1.82) is 0 Å². The number of furan rings is 1. The van der Waals surface area contributed by atoms with Gasteiger partial charge in [-0.05, 0) is 31.9 Å². The van der Waals surface area contributed by atoms with Crippen molar-refractivity contribution in [2.75, 3.05) is 26.2 Å². The molecule has 1 saturated carbocycles. The first-order chi connectivity index (χ1) is 13.8. The first kappa shape index (κ1) is 20.3. The third-order valence-corrected chi connectivity index (χ3v) is 5.86. The maximum absolute atomic E-state index is 13.3. The van der Waals surface area contributed by atoms with E-state index in [1.165, 1.54) is 4.68 Å². The highest BCUT2D eigenvalue weighted by Gasteiger charge is 2.43. The molecule has 4 rings (SSSR count). The summed E-state index contributed by atoms with van der Waals surface area (Å²) in [5.74, 6) is 0.557. The summed E-state index contributed by atoms with van der Waals surface area (Å²) in [6.45, 7) is 4.60. The topological polar surface area (TPSA) is 54.5 Å². The third-order valence-electron chi connectivity index (χ3n) is 5.49. The summed E-state index contributed by atoms with van der Waals surface area (Å²) in [5.41, 5.74) is -0.778. The van der Waals surface area contributed by atoms with Gasteiger partial charge in [0.15, 0.2) is 5.69 Å². The van der Waals surface area contributed by atoms with Gasteiger partial charge in [0, 0.05) is 32.1 Å². The van der Waals surface area contributed by atoms with Gasteiger partial charge in [0.1, 0.15) is 11.8 Å². The smallest absolute Gasteiger partial charge is 0.436 e. The summed E-state index contributed by atoms with van der Waals surface area (Å²) in [5, 5.41) is 3.34. The molecule has 3 heterocycles. The van der Waals surface area contributed by atoms with Gasteiger partial charge in [0.2, 0.25) is 5.91 Å². The molecule has 6 nitrogen and oxygen atoms in total. The number of rotatable bonds is 5. The zero-order valence-corrected chi connectivity index (χ0v) is 16.7. The number of aromatic nitrogens is 2. The second kappa shape index (κ2) is 7.68. The highest BCUT2D eigenvalue weighted by molar-refractivity contribution is 6.32. The normalized spacial score (nSPS) is 19.6. The average molecular weight is 431 g/mol. The lowest BCUT2D eigenvalue weighted by molar-refractivity contribution is -0.142. The Morgan fingerprint density at radius 1 is 1.31 bits per heavy atom. The van der Waals surface area contributed by atoms with Crippen molar-refractivity contribution in [2.24, 2.45) is 0 Å². The van der Waals surface area contributed by atoms with Crippen LogP contribution in [0.15, 0.2) is 22.8 Å². The fourth-order valence-corrected chi connectivity index (χ4v) is 4.13. The number of carbonyl (C=O) groups excluding carboxylic acids is 1. The summed E-state index contributed by atoms with van der Waals surface area (Å²) in [7, 11) is 0. The Morgan fingerprint density at radius 3 is 2.55 bits per heavy atom. The van der Waals surface area contributed by atoms with Crippen molar-refractivity contribution >= 4 is 17.5 Å². The fourth-order valence-electron chi connectivity index (χ4n) is 3.74. The lowest BCUT2D eigenvalue weighted by Gasteiger charge is -2.35. The van der Waals surface area contributed by atoms with Gasteiger partial charge in [0.05, 0.1) is 23.5 Å². The van der Waals surface area contributed by atoms with Crippen LogP contribution in [-0.4, -0.2) is 51.7 Å². The van der Waals surface area contributed by atoms with Crippen molar-refractivity contribution in [1.82, 2.24) is 19.6 Å². The Bertz CT molecular complexity index is 869. The Balaban J connectivity index is 1.46. The van der Waals surface area contributed by atoms with Crippen LogP contribution in [0.3, 0.4) is 0 Å². The minimum atomic E-state index is -4.65. The monoisotopic (exact) mass is 430 g/mol.